The summed E-state index contributed by atoms with van der Waals surface area (Å²) in [4.78, 5) is 2.58. The molecule has 2 aromatic rings. The molecule has 0 aliphatic heterocycles. The number of hydrogen-bond donors (Lipinski definition) is 2. The molecule has 0 unspecified atom stereocenters. The highest BCUT2D eigenvalue weighted by Crippen LogP contribution is 2.23. The molecule has 7 nitrogen and oxygen atoms in total. The molecule has 0 bridgehead atoms. The van der Waals surface area contributed by atoms with Crippen molar-refractivity contribution < 1.29 is 25.9 Å². The van der Waals surface area contributed by atoms with Crippen LogP contribution in [0.4, 0.5) is 0 Å². The first-order valence-corrected chi connectivity index (χ1v) is 7.42. The first-order valence-electron chi connectivity index (χ1n) is 4.54. The van der Waals surface area contributed by atoms with E-state index >= 15 is 0 Å². The summed E-state index contributed by atoms with van der Waals surface area (Å²) < 4.78 is 62.2. The number of rotatable bonds is 2. The molecule has 96 valence electrons. The van der Waals surface area contributed by atoms with Crippen LogP contribution in [0.3, 0.4) is 0 Å². The Morgan fingerprint density at radius 1 is 0.944 bits per heavy atom. The molecule has 1 aromatic heterocycles. The molecule has 9 heteroatoms. The van der Waals surface area contributed by atoms with Gasteiger partial charge in [-0.05, 0) is 12.1 Å². The number of para-hydroxylation sites is 1. The van der Waals surface area contributed by atoms with Crippen molar-refractivity contribution in [3.8, 4) is 0 Å². The fourth-order valence-electron chi connectivity index (χ4n) is 1.45. The largest absolute Gasteiger partial charge is 0.313 e. The predicted octanol–water partition coefficient (Wildman–Crippen LogP) is 0.728. The molecule has 2 N–H and O–H groups in total. The van der Waals surface area contributed by atoms with E-state index in [0.29, 0.717) is 5.39 Å². The molecule has 2 rings (SSSR count). The van der Waals surface area contributed by atoms with Gasteiger partial charge in [-0.15, -0.1) is 0 Å². The molecule has 0 atom stereocenters. The summed E-state index contributed by atoms with van der Waals surface area (Å²) in [6, 6.07) is 7.02. The molecular weight excluding hydrogens is 282 g/mol. The van der Waals surface area contributed by atoms with Gasteiger partial charge < -0.3 is 0 Å². The van der Waals surface area contributed by atoms with Gasteiger partial charge in [0.05, 0.1) is 5.52 Å². The molecule has 1 heterocycles. The van der Waals surface area contributed by atoms with Crippen molar-refractivity contribution in [2.24, 2.45) is 0 Å². The Balaban J connectivity index is 2.99. The van der Waals surface area contributed by atoms with Gasteiger partial charge >= 0.3 is 10.1 Å². The van der Waals surface area contributed by atoms with Crippen molar-refractivity contribution in [2.75, 3.05) is 0 Å². The summed E-state index contributed by atoms with van der Waals surface area (Å²) >= 11 is 0. The van der Waals surface area contributed by atoms with Gasteiger partial charge in [-0.3, -0.25) is 9.11 Å². The van der Waals surface area contributed by atoms with Gasteiger partial charge in [-0.1, -0.05) is 18.2 Å². The van der Waals surface area contributed by atoms with Crippen molar-refractivity contribution in [1.82, 2.24) is 4.98 Å². The summed E-state index contributed by atoms with van der Waals surface area (Å²) in [5.74, 6) is 0. The summed E-state index contributed by atoms with van der Waals surface area (Å²) in [6.07, 6.45) is 0. The lowest BCUT2D eigenvalue weighted by molar-refractivity contribution is 0.462. The van der Waals surface area contributed by atoms with Gasteiger partial charge in [0.15, 0.2) is 0 Å². The number of benzene rings is 1. The maximum absolute atomic E-state index is 11.1. The third-order valence-electron chi connectivity index (χ3n) is 2.18. The lowest BCUT2D eigenvalue weighted by Crippen LogP contribution is -2.10. The second-order valence-corrected chi connectivity index (χ2v) is 6.16. The van der Waals surface area contributed by atoms with Crippen LogP contribution in [0.15, 0.2) is 40.3 Å². The summed E-state index contributed by atoms with van der Waals surface area (Å²) in [7, 11) is -9.67. The quantitative estimate of drug-likeness (QED) is 0.781. The fraction of sp³-hybridized carbons (Fsp3) is 0. The standard InChI is InChI=1S/C9H7NO6S2/c11-17(12,13)8-5-6-3-1-2-4-7(6)10-9(8)18(14,15)16/h1-5H,(H,11,12,13)(H,14,15,16). The van der Waals surface area contributed by atoms with E-state index in [4.69, 9.17) is 9.11 Å². The third kappa shape index (κ3) is 2.34. The normalized spacial score (nSPS) is 12.8. The molecule has 1 aromatic carbocycles. The van der Waals surface area contributed by atoms with Gasteiger partial charge in [0.25, 0.3) is 10.1 Å². The SMILES string of the molecule is O=S(=O)(O)c1cc2ccccc2nc1S(=O)(=O)O. The average Bonchev–Trinajstić information content (AvgIpc) is 2.25. The Kier molecular flexibility index (Phi) is 2.86. The van der Waals surface area contributed by atoms with Crippen molar-refractivity contribution in [3.05, 3.63) is 30.3 Å². The molecule has 0 spiro atoms. The van der Waals surface area contributed by atoms with Crippen LogP contribution in [0.5, 0.6) is 0 Å². The Hall–Kier alpha value is -1.55. The smallest absolute Gasteiger partial charge is 0.282 e. The Bertz CT molecular complexity index is 755. The Labute approximate surface area is 103 Å². The highest BCUT2D eigenvalue weighted by atomic mass is 32.2. The van der Waals surface area contributed by atoms with Crippen LogP contribution in [0.1, 0.15) is 0 Å². The topological polar surface area (TPSA) is 122 Å². The molecular formula is C9H7NO6S2. The van der Waals surface area contributed by atoms with Gasteiger partial charge in [-0.2, -0.15) is 16.8 Å². The van der Waals surface area contributed by atoms with Gasteiger partial charge in [0, 0.05) is 5.39 Å². The molecule has 0 saturated heterocycles. The third-order valence-corrected chi connectivity index (χ3v) is 3.97. The summed E-state index contributed by atoms with van der Waals surface area (Å²) in [5, 5.41) is -0.777. The Morgan fingerprint density at radius 2 is 1.56 bits per heavy atom. The van der Waals surface area contributed by atoms with E-state index in [2.05, 4.69) is 4.98 Å². The van der Waals surface area contributed by atoms with Crippen LogP contribution in [-0.4, -0.2) is 30.9 Å². The second-order valence-electron chi connectivity index (χ2n) is 3.43. The molecule has 0 amide bonds. The second kappa shape index (κ2) is 3.99. The number of hydrogen-bond acceptors (Lipinski definition) is 5. The molecule has 0 radical (unpaired) electrons. The van der Waals surface area contributed by atoms with E-state index < -0.39 is 30.2 Å². The maximum atomic E-state index is 11.1. The van der Waals surface area contributed by atoms with E-state index in [0.717, 1.165) is 6.07 Å². The van der Waals surface area contributed by atoms with Crippen LogP contribution < -0.4 is 0 Å². The van der Waals surface area contributed by atoms with Gasteiger partial charge in [0.2, 0.25) is 5.03 Å². The van der Waals surface area contributed by atoms with Crippen molar-refractivity contribution in [2.45, 2.75) is 9.92 Å². The molecule has 0 aliphatic rings. The zero-order chi connectivity index (χ0) is 13.6. The van der Waals surface area contributed by atoms with E-state index in [1.54, 1.807) is 12.1 Å². The molecule has 0 fully saturated rings. The van der Waals surface area contributed by atoms with Crippen molar-refractivity contribution in [1.29, 1.82) is 0 Å². The zero-order valence-corrected chi connectivity index (χ0v) is 10.3. The first kappa shape index (κ1) is 12.9. The van der Waals surface area contributed by atoms with Crippen LogP contribution >= 0.6 is 0 Å². The molecule has 0 saturated carbocycles. The lowest BCUT2D eigenvalue weighted by atomic mass is 10.2. The minimum Gasteiger partial charge on any atom is -0.282 e. The van der Waals surface area contributed by atoms with E-state index in [-0.39, 0.29) is 5.52 Å². The average molecular weight is 289 g/mol. The Morgan fingerprint density at radius 3 is 2.11 bits per heavy atom. The van der Waals surface area contributed by atoms with Crippen LogP contribution in [0.2, 0.25) is 0 Å². The number of pyridine rings is 1. The fourth-order valence-corrected chi connectivity index (χ4v) is 3.15. The number of nitrogens with zero attached hydrogens (tertiary/aromatic N) is 1. The monoisotopic (exact) mass is 289 g/mol. The summed E-state index contributed by atoms with van der Waals surface area (Å²) in [6.45, 7) is 0. The number of fused-ring (bicyclic) bond motifs is 1. The zero-order valence-electron chi connectivity index (χ0n) is 8.68. The van der Waals surface area contributed by atoms with Crippen molar-refractivity contribution >= 4 is 31.1 Å². The van der Waals surface area contributed by atoms with E-state index in [9.17, 15) is 16.8 Å². The highest BCUT2D eigenvalue weighted by molar-refractivity contribution is 7.89. The van der Waals surface area contributed by atoms with E-state index in [1.807, 2.05) is 0 Å². The number of aromatic nitrogens is 1. The van der Waals surface area contributed by atoms with Crippen molar-refractivity contribution in [3.63, 3.8) is 0 Å². The molecule has 0 aliphatic carbocycles. The van der Waals surface area contributed by atoms with E-state index in [1.165, 1.54) is 12.1 Å². The summed E-state index contributed by atoms with van der Waals surface area (Å²) in [5.41, 5.74) is 0.178. The first-order chi connectivity index (χ1) is 8.19. The van der Waals surface area contributed by atoms with Gasteiger partial charge in [0.1, 0.15) is 4.90 Å². The highest BCUT2D eigenvalue weighted by Gasteiger charge is 2.26. The lowest BCUT2D eigenvalue weighted by Gasteiger charge is -2.05. The maximum Gasteiger partial charge on any atom is 0.313 e. The van der Waals surface area contributed by atoms with Gasteiger partial charge in [-0.25, -0.2) is 4.98 Å². The molecule has 18 heavy (non-hydrogen) atoms. The predicted molar refractivity (Wildman–Crippen MR) is 61.4 cm³/mol. The van der Waals surface area contributed by atoms with Crippen LogP contribution in [-0.2, 0) is 20.2 Å². The van der Waals surface area contributed by atoms with Crippen LogP contribution in [0.25, 0.3) is 10.9 Å². The minimum absolute atomic E-state index is 0.178. The van der Waals surface area contributed by atoms with Crippen LogP contribution in [0, 0.1) is 0 Å². The minimum atomic E-state index is -4.86.